The summed E-state index contributed by atoms with van der Waals surface area (Å²) in [7, 11) is -3.66. The maximum Gasteiger partial charge on any atom is 0.366 e. The normalized spacial score (nSPS) is 30.2. The maximum absolute atomic E-state index is 11.7. The van der Waals surface area contributed by atoms with Crippen LogP contribution in [-0.2, 0) is 10.2 Å². The minimum absolute atomic E-state index is 0.283. The van der Waals surface area contributed by atoms with Crippen molar-refractivity contribution in [3.8, 4) is 0 Å². The lowest BCUT2D eigenvalue weighted by atomic mass is 10.1. The predicted molar refractivity (Wildman–Crippen MR) is 72.9 cm³/mol. The highest BCUT2D eigenvalue weighted by molar-refractivity contribution is 7.89. The van der Waals surface area contributed by atoms with Gasteiger partial charge in [0.2, 0.25) is 0 Å². The van der Waals surface area contributed by atoms with E-state index in [2.05, 4.69) is 29.6 Å². The van der Waals surface area contributed by atoms with E-state index in [0.29, 0.717) is 17.6 Å². The Kier molecular flexibility index (Phi) is 3.49. The van der Waals surface area contributed by atoms with Gasteiger partial charge < -0.3 is 4.90 Å². The fourth-order valence-electron chi connectivity index (χ4n) is 2.59. The van der Waals surface area contributed by atoms with Crippen molar-refractivity contribution in [2.24, 2.45) is 20.6 Å². The van der Waals surface area contributed by atoms with Crippen LogP contribution in [0.1, 0.15) is 47.0 Å². The third-order valence-corrected chi connectivity index (χ3v) is 4.71. The smallest absolute Gasteiger partial charge is 0.313 e. The minimum Gasteiger partial charge on any atom is -0.313 e. The zero-order valence-electron chi connectivity index (χ0n) is 11.4. The van der Waals surface area contributed by atoms with E-state index in [1.165, 1.54) is 0 Å². The van der Waals surface area contributed by atoms with Gasteiger partial charge in [0.15, 0.2) is 0 Å². The van der Waals surface area contributed by atoms with Crippen molar-refractivity contribution in [3.05, 3.63) is 0 Å². The first-order valence-corrected chi connectivity index (χ1v) is 7.99. The lowest BCUT2D eigenvalue weighted by Crippen LogP contribution is -2.46. The summed E-state index contributed by atoms with van der Waals surface area (Å²) < 4.78 is 30.9. The Morgan fingerprint density at radius 2 is 1.89 bits per heavy atom. The van der Waals surface area contributed by atoms with Crippen LogP contribution in [0.2, 0.25) is 0 Å². The molecular weight excluding hydrogens is 250 g/mol. The SMILES string of the molecule is CCC(CC)N1C(C)=NS(=O)(=O)N=C1C1CC1C. The first-order chi connectivity index (χ1) is 8.39. The van der Waals surface area contributed by atoms with Gasteiger partial charge in [0.25, 0.3) is 0 Å². The van der Waals surface area contributed by atoms with Crippen molar-refractivity contribution in [3.63, 3.8) is 0 Å². The molecule has 102 valence electrons. The molecule has 2 rings (SSSR count). The van der Waals surface area contributed by atoms with Gasteiger partial charge in [-0.25, -0.2) is 0 Å². The van der Waals surface area contributed by atoms with Crippen LogP contribution in [0.4, 0.5) is 0 Å². The van der Waals surface area contributed by atoms with Gasteiger partial charge >= 0.3 is 10.2 Å². The van der Waals surface area contributed by atoms with Crippen molar-refractivity contribution in [1.82, 2.24) is 4.90 Å². The number of nitrogens with zero attached hydrogens (tertiary/aromatic N) is 3. The summed E-state index contributed by atoms with van der Waals surface area (Å²) in [5, 5.41) is 0. The molecule has 2 atom stereocenters. The van der Waals surface area contributed by atoms with Gasteiger partial charge in [0, 0.05) is 12.0 Å². The second-order valence-electron chi connectivity index (χ2n) is 5.20. The number of rotatable bonds is 4. The molecule has 2 unspecified atom stereocenters. The second kappa shape index (κ2) is 4.64. The zero-order chi connectivity index (χ0) is 13.5. The van der Waals surface area contributed by atoms with E-state index in [9.17, 15) is 8.42 Å². The van der Waals surface area contributed by atoms with E-state index < -0.39 is 10.2 Å². The summed E-state index contributed by atoms with van der Waals surface area (Å²) in [6.45, 7) is 8.11. The quantitative estimate of drug-likeness (QED) is 0.787. The van der Waals surface area contributed by atoms with Crippen LogP contribution in [0.15, 0.2) is 8.80 Å². The fraction of sp³-hybridized carbons (Fsp3) is 0.833. The van der Waals surface area contributed by atoms with Crippen molar-refractivity contribution < 1.29 is 8.42 Å². The summed E-state index contributed by atoms with van der Waals surface area (Å²) >= 11 is 0. The van der Waals surface area contributed by atoms with Crippen molar-refractivity contribution >= 4 is 21.9 Å². The Labute approximate surface area is 109 Å². The molecule has 0 N–H and O–H groups in total. The molecule has 5 nitrogen and oxygen atoms in total. The van der Waals surface area contributed by atoms with Gasteiger partial charge in [-0.05, 0) is 32.1 Å². The molecule has 1 fully saturated rings. The molecule has 0 bridgehead atoms. The van der Waals surface area contributed by atoms with Crippen LogP contribution in [0.25, 0.3) is 0 Å². The highest BCUT2D eigenvalue weighted by atomic mass is 32.2. The third-order valence-electron chi connectivity index (χ3n) is 3.80. The van der Waals surface area contributed by atoms with Crippen LogP contribution >= 0.6 is 0 Å². The first-order valence-electron chi connectivity index (χ1n) is 6.60. The molecule has 18 heavy (non-hydrogen) atoms. The van der Waals surface area contributed by atoms with E-state index >= 15 is 0 Å². The van der Waals surface area contributed by atoms with Crippen LogP contribution in [-0.4, -0.2) is 31.0 Å². The van der Waals surface area contributed by atoms with E-state index in [1.807, 2.05) is 4.90 Å². The van der Waals surface area contributed by atoms with Crippen LogP contribution in [0.5, 0.6) is 0 Å². The molecule has 1 saturated carbocycles. The Hall–Kier alpha value is -0.910. The molecule has 0 radical (unpaired) electrons. The zero-order valence-corrected chi connectivity index (χ0v) is 12.2. The predicted octanol–water partition coefficient (Wildman–Crippen LogP) is 2.21. The maximum atomic E-state index is 11.7. The van der Waals surface area contributed by atoms with Gasteiger partial charge in [-0.15, -0.1) is 8.80 Å². The molecule has 2 aliphatic rings. The Morgan fingerprint density at radius 3 is 2.33 bits per heavy atom. The summed E-state index contributed by atoms with van der Waals surface area (Å²) in [6, 6.07) is 0.288. The van der Waals surface area contributed by atoms with Crippen molar-refractivity contribution in [2.45, 2.75) is 53.0 Å². The standard InChI is InChI=1S/C12H21N3O2S/c1-5-10(6-2)15-9(4)13-18(16,17)14-12(15)11-7-8(11)3/h8,10-11H,5-7H2,1-4H3. The average Bonchev–Trinajstić information content (AvgIpc) is 2.98. The molecule has 0 aromatic rings. The molecule has 0 aromatic carbocycles. The highest BCUT2D eigenvalue weighted by Gasteiger charge is 2.44. The molecule has 6 heteroatoms. The lowest BCUT2D eigenvalue weighted by molar-refractivity contribution is 0.396. The van der Waals surface area contributed by atoms with Gasteiger partial charge in [0.05, 0.1) is 0 Å². The topological polar surface area (TPSA) is 62.1 Å². The Bertz CT molecular complexity index is 491. The van der Waals surface area contributed by atoms with Crippen molar-refractivity contribution in [1.29, 1.82) is 0 Å². The molecule has 0 spiro atoms. The fourth-order valence-corrected chi connectivity index (χ4v) is 3.52. The van der Waals surface area contributed by atoms with Crippen molar-refractivity contribution in [2.75, 3.05) is 0 Å². The van der Waals surface area contributed by atoms with Crippen LogP contribution in [0.3, 0.4) is 0 Å². The number of amidine groups is 2. The van der Waals surface area contributed by atoms with E-state index in [0.717, 1.165) is 19.3 Å². The van der Waals surface area contributed by atoms with Gasteiger partial charge in [-0.2, -0.15) is 8.42 Å². The minimum atomic E-state index is -3.66. The summed E-state index contributed by atoms with van der Waals surface area (Å²) in [5.74, 6) is 2.09. The average molecular weight is 271 g/mol. The molecule has 0 aromatic heterocycles. The second-order valence-corrected chi connectivity index (χ2v) is 6.46. The van der Waals surface area contributed by atoms with E-state index in [1.54, 1.807) is 6.92 Å². The first kappa shape index (κ1) is 13.5. The lowest BCUT2D eigenvalue weighted by Gasteiger charge is -2.34. The van der Waals surface area contributed by atoms with Gasteiger partial charge in [-0.3, -0.25) is 0 Å². The summed E-state index contributed by atoms with van der Waals surface area (Å²) in [4.78, 5) is 2.04. The molecule has 1 aliphatic carbocycles. The highest BCUT2D eigenvalue weighted by Crippen LogP contribution is 2.41. The largest absolute Gasteiger partial charge is 0.366 e. The molecular formula is C12H21N3O2S. The third kappa shape index (κ3) is 2.43. The monoisotopic (exact) mass is 271 g/mol. The Balaban J connectivity index is 2.39. The number of hydrogen-bond donors (Lipinski definition) is 0. The van der Waals surface area contributed by atoms with Gasteiger partial charge in [0.1, 0.15) is 11.7 Å². The van der Waals surface area contributed by atoms with Crippen LogP contribution < -0.4 is 0 Å². The molecule has 0 amide bonds. The molecule has 1 heterocycles. The van der Waals surface area contributed by atoms with E-state index in [-0.39, 0.29) is 12.0 Å². The van der Waals surface area contributed by atoms with E-state index in [4.69, 9.17) is 0 Å². The molecule has 1 aliphatic heterocycles. The summed E-state index contributed by atoms with van der Waals surface area (Å²) in [5.41, 5.74) is 0. The summed E-state index contributed by atoms with van der Waals surface area (Å²) in [6.07, 6.45) is 2.95. The number of hydrogen-bond acceptors (Lipinski definition) is 3. The van der Waals surface area contributed by atoms with Crippen LogP contribution in [0, 0.1) is 11.8 Å². The Morgan fingerprint density at radius 1 is 1.33 bits per heavy atom. The molecule has 0 saturated heterocycles. The van der Waals surface area contributed by atoms with Gasteiger partial charge in [-0.1, -0.05) is 20.8 Å².